The van der Waals surface area contributed by atoms with Crippen LogP contribution < -0.4 is 5.32 Å². The molecule has 2 nitrogen and oxygen atoms in total. The molecule has 106 valence electrons. The van der Waals surface area contributed by atoms with Crippen LogP contribution in [-0.4, -0.2) is 16.7 Å². The van der Waals surface area contributed by atoms with E-state index in [0.29, 0.717) is 6.42 Å². The number of benzene rings is 1. The zero-order valence-corrected chi connectivity index (χ0v) is 13.0. The van der Waals surface area contributed by atoms with Gasteiger partial charge in [0.05, 0.1) is 5.25 Å². The summed E-state index contributed by atoms with van der Waals surface area (Å²) >= 11 is 4.45. The first kappa shape index (κ1) is 16.1. The summed E-state index contributed by atoms with van der Waals surface area (Å²) < 4.78 is 0. The molecule has 0 fully saturated rings. The van der Waals surface area contributed by atoms with Crippen molar-refractivity contribution in [2.24, 2.45) is 0 Å². The summed E-state index contributed by atoms with van der Waals surface area (Å²) in [5.41, 5.74) is 1.07. The fraction of sp³-hybridized carbons (Fsp3) is 0.562. The Hall–Kier alpha value is -0.960. The molecule has 1 unspecified atom stereocenters. The lowest BCUT2D eigenvalue weighted by Crippen LogP contribution is -2.50. The number of carbonyl (C=O) groups is 1. The third-order valence-corrected chi connectivity index (χ3v) is 4.41. The third kappa shape index (κ3) is 4.57. The number of hydrogen-bond donors (Lipinski definition) is 2. The summed E-state index contributed by atoms with van der Waals surface area (Å²) in [4.78, 5) is 12.3. The minimum atomic E-state index is -0.286. The largest absolute Gasteiger partial charge is 0.350 e. The summed E-state index contributed by atoms with van der Waals surface area (Å²) in [5.74, 6) is 0.0396. The molecule has 1 aromatic rings. The van der Waals surface area contributed by atoms with Gasteiger partial charge in [-0.1, -0.05) is 51.1 Å². The molecule has 0 aliphatic rings. The summed E-state index contributed by atoms with van der Waals surface area (Å²) in [6, 6.07) is 10.0. The molecule has 1 atom stereocenters. The molecule has 3 heteroatoms. The van der Waals surface area contributed by atoms with Gasteiger partial charge in [0, 0.05) is 5.54 Å². The minimum Gasteiger partial charge on any atom is -0.350 e. The SMILES string of the molecule is CCC(CC)(CC)NC(=O)C(S)Cc1ccccc1. The molecule has 0 saturated heterocycles. The third-order valence-electron chi connectivity index (χ3n) is 3.99. The van der Waals surface area contributed by atoms with E-state index in [4.69, 9.17) is 0 Å². The van der Waals surface area contributed by atoms with Crippen LogP contribution in [0.25, 0.3) is 0 Å². The maximum Gasteiger partial charge on any atom is 0.233 e. The van der Waals surface area contributed by atoms with Gasteiger partial charge in [-0.05, 0) is 31.2 Å². The Balaban J connectivity index is 2.62. The van der Waals surface area contributed by atoms with Gasteiger partial charge in [-0.25, -0.2) is 0 Å². The van der Waals surface area contributed by atoms with Crippen molar-refractivity contribution in [3.8, 4) is 0 Å². The lowest BCUT2D eigenvalue weighted by molar-refractivity contribution is -0.122. The van der Waals surface area contributed by atoms with Gasteiger partial charge in [0.15, 0.2) is 0 Å². The van der Waals surface area contributed by atoms with Crippen LogP contribution in [0.3, 0.4) is 0 Å². The van der Waals surface area contributed by atoms with Crippen LogP contribution in [-0.2, 0) is 11.2 Å². The Bertz CT molecular complexity index is 379. The van der Waals surface area contributed by atoms with Crippen molar-refractivity contribution in [1.82, 2.24) is 5.32 Å². The highest BCUT2D eigenvalue weighted by Gasteiger charge is 2.28. The highest BCUT2D eigenvalue weighted by Crippen LogP contribution is 2.20. The first-order valence-corrected chi connectivity index (χ1v) is 7.62. The minimum absolute atomic E-state index is 0.0396. The summed E-state index contributed by atoms with van der Waals surface area (Å²) in [6.07, 6.45) is 3.54. The van der Waals surface area contributed by atoms with Crippen molar-refractivity contribution in [2.45, 2.75) is 57.2 Å². The van der Waals surface area contributed by atoms with Gasteiger partial charge in [0.1, 0.15) is 0 Å². The molecule has 1 N–H and O–H groups in total. The van der Waals surface area contributed by atoms with E-state index in [1.165, 1.54) is 0 Å². The molecule has 1 amide bonds. The number of nitrogens with one attached hydrogen (secondary N) is 1. The van der Waals surface area contributed by atoms with Gasteiger partial charge in [-0.3, -0.25) is 4.79 Å². The van der Waals surface area contributed by atoms with Crippen LogP contribution >= 0.6 is 12.6 Å². The molecule has 0 radical (unpaired) electrons. The zero-order valence-electron chi connectivity index (χ0n) is 12.1. The standard InChI is InChI=1S/C16H25NOS/c1-4-16(5-2,6-3)17-15(18)14(19)12-13-10-8-7-9-11-13/h7-11,14,19H,4-6,12H2,1-3H3,(H,17,18). The Morgan fingerprint density at radius 1 is 1.16 bits per heavy atom. The predicted octanol–water partition coefficient (Wildman–Crippen LogP) is 3.61. The second-order valence-corrected chi connectivity index (χ2v) is 5.66. The number of rotatable bonds is 7. The molecule has 0 aromatic heterocycles. The molecule has 0 heterocycles. The Kier molecular flexibility index (Phi) is 6.43. The number of thiol groups is 1. The fourth-order valence-corrected chi connectivity index (χ4v) is 2.57. The average Bonchev–Trinajstić information content (AvgIpc) is 2.45. The number of hydrogen-bond acceptors (Lipinski definition) is 2. The van der Waals surface area contributed by atoms with Crippen LogP contribution in [0.4, 0.5) is 0 Å². The van der Waals surface area contributed by atoms with Crippen molar-refractivity contribution in [1.29, 1.82) is 0 Å². The summed E-state index contributed by atoms with van der Waals surface area (Å²) in [6.45, 7) is 6.37. The van der Waals surface area contributed by atoms with Gasteiger partial charge in [-0.15, -0.1) is 0 Å². The van der Waals surface area contributed by atoms with Gasteiger partial charge in [0.25, 0.3) is 0 Å². The normalized spacial score (nSPS) is 13.1. The molecule has 0 aliphatic heterocycles. The molecular weight excluding hydrogens is 254 g/mol. The van der Waals surface area contributed by atoms with Crippen LogP contribution in [0.1, 0.15) is 45.6 Å². The van der Waals surface area contributed by atoms with E-state index in [2.05, 4.69) is 38.7 Å². The van der Waals surface area contributed by atoms with Crippen LogP contribution in [0.5, 0.6) is 0 Å². The molecule has 0 saturated carbocycles. The zero-order chi connectivity index (χ0) is 14.3. The molecule has 19 heavy (non-hydrogen) atoms. The second-order valence-electron chi connectivity index (χ2n) is 5.04. The molecule has 1 rings (SSSR count). The van der Waals surface area contributed by atoms with Gasteiger partial charge in [0.2, 0.25) is 5.91 Å². The maximum atomic E-state index is 12.3. The van der Waals surface area contributed by atoms with E-state index in [1.54, 1.807) is 0 Å². The molecule has 0 bridgehead atoms. The smallest absolute Gasteiger partial charge is 0.233 e. The van der Waals surface area contributed by atoms with E-state index in [9.17, 15) is 4.79 Å². The lowest BCUT2D eigenvalue weighted by Gasteiger charge is -2.32. The van der Waals surface area contributed by atoms with Crippen molar-refractivity contribution < 1.29 is 4.79 Å². The Labute approximate surface area is 122 Å². The molecule has 0 spiro atoms. The summed E-state index contributed by atoms with van der Waals surface area (Å²) in [7, 11) is 0. The van der Waals surface area contributed by atoms with Crippen LogP contribution in [0, 0.1) is 0 Å². The van der Waals surface area contributed by atoms with Crippen molar-refractivity contribution in [2.75, 3.05) is 0 Å². The first-order chi connectivity index (χ1) is 9.06. The second kappa shape index (κ2) is 7.59. The van der Waals surface area contributed by atoms with Gasteiger partial charge in [-0.2, -0.15) is 12.6 Å². The number of amides is 1. The van der Waals surface area contributed by atoms with Crippen molar-refractivity contribution >= 4 is 18.5 Å². The monoisotopic (exact) mass is 279 g/mol. The molecule has 1 aromatic carbocycles. The summed E-state index contributed by atoms with van der Waals surface area (Å²) in [5, 5.41) is 2.90. The van der Waals surface area contributed by atoms with Crippen LogP contribution in [0.2, 0.25) is 0 Å². The van der Waals surface area contributed by atoms with Gasteiger partial charge < -0.3 is 5.32 Å². The van der Waals surface area contributed by atoms with E-state index < -0.39 is 0 Å². The predicted molar refractivity (Wildman–Crippen MR) is 84.7 cm³/mol. The van der Waals surface area contributed by atoms with Crippen molar-refractivity contribution in [3.63, 3.8) is 0 Å². The van der Waals surface area contributed by atoms with E-state index in [1.807, 2.05) is 30.3 Å². The molecular formula is C16H25NOS. The Morgan fingerprint density at radius 2 is 1.68 bits per heavy atom. The lowest BCUT2D eigenvalue weighted by atomic mass is 9.89. The van der Waals surface area contributed by atoms with Gasteiger partial charge >= 0.3 is 0 Å². The topological polar surface area (TPSA) is 29.1 Å². The fourth-order valence-electron chi connectivity index (χ4n) is 2.29. The van der Waals surface area contributed by atoms with E-state index >= 15 is 0 Å². The quantitative estimate of drug-likeness (QED) is 0.734. The first-order valence-electron chi connectivity index (χ1n) is 7.11. The van der Waals surface area contributed by atoms with E-state index in [-0.39, 0.29) is 16.7 Å². The van der Waals surface area contributed by atoms with E-state index in [0.717, 1.165) is 24.8 Å². The average molecular weight is 279 g/mol. The Morgan fingerprint density at radius 3 is 2.16 bits per heavy atom. The maximum absolute atomic E-state index is 12.3. The highest BCUT2D eigenvalue weighted by atomic mass is 32.1. The van der Waals surface area contributed by atoms with Crippen molar-refractivity contribution in [3.05, 3.63) is 35.9 Å². The van der Waals surface area contributed by atoms with Crippen LogP contribution in [0.15, 0.2) is 30.3 Å². The highest BCUT2D eigenvalue weighted by molar-refractivity contribution is 7.81. The number of carbonyl (C=O) groups excluding carboxylic acids is 1. The molecule has 0 aliphatic carbocycles.